The molecule has 2 aliphatic rings. The summed E-state index contributed by atoms with van der Waals surface area (Å²) in [7, 11) is 0. The van der Waals surface area contributed by atoms with E-state index in [0.29, 0.717) is 5.92 Å². The number of rotatable bonds is 5. The van der Waals surface area contributed by atoms with Gasteiger partial charge in [0, 0.05) is 60.8 Å². The van der Waals surface area contributed by atoms with Gasteiger partial charge < -0.3 is 9.15 Å². The van der Waals surface area contributed by atoms with Gasteiger partial charge in [0.15, 0.2) is 0 Å². The highest BCUT2D eigenvalue weighted by atomic mass is 16.5. The Morgan fingerprint density at radius 2 is 1.89 bits per heavy atom. The first-order valence-electron chi connectivity index (χ1n) is 10.4. The van der Waals surface area contributed by atoms with Crippen molar-refractivity contribution < 1.29 is 9.15 Å². The second-order valence-corrected chi connectivity index (χ2v) is 8.03. The molecule has 148 valence electrons. The topological polar surface area (TPSA) is 57.5 Å². The molecule has 2 aromatic heterocycles. The number of aromatic nitrogens is 2. The van der Waals surface area contributed by atoms with E-state index in [1.54, 1.807) is 0 Å². The summed E-state index contributed by atoms with van der Waals surface area (Å²) in [4.78, 5) is 5.03. The third-order valence-electron chi connectivity index (χ3n) is 6.12. The van der Waals surface area contributed by atoms with Crippen LogP contribution < -0.4 is 0 Å². The molecule has 1 N–H and O–H groups in total. The van der Waals surface area contributed by atoms with Crippen LogP contribution in [0.5, 0.6) is 0 Å². The number of ether oxygens (including phenoxy) is 1. The van der Waals surface area contributed by atoms with E-state index in [-0.39, 0.29) is 0 Å². The van der Waals surface area contributed by atoms with Gasteiger partial charge in [-0.25, -0.2) is 0 Å². The smallest absolute Gasteiger partial charge is 0.134 e. The Morgan fingerprint density at radius 3 is 2.82 bits per heavy atom. The Hall–Kier alpha value is -2.15. The Balaban J connectivity index is 1.28. The van der Waals surface area contributed by atoms with Crippen molar-refractivity contribution in [2.75, 3.05) is 39.4 Å². The maximum Gasteiger partial charge on any atom is 0.134 e. The number of benzene rings is 1. The zero-order chi connectivity index (χ0) is 18.8. The molecular formula is C22H28N4O2. The lowest BCUT2D eigenvalue weighted by molar-refractivity contribution is 0.0339. The second-order valence-electron chi connectivity index (χ2n) is 8.03. The fourth-order valence-corrected chi connectivity index (χ4v) is 4.63. The van der Waals surface area contributed by atoms with Crippen LogP contribution in [0.25, 0.3) is 11.0 Å². The Kier molecular flexibility index (Phi) is 5.16. The molecule has 6 heteroatoms. The molecule has 0 aliphatic carbocycles. The average molecular weight is 380 g/mol. The number of hydrogen-bond acceptors (Lipinski definition) is 5. The summed E-state index contributed by atoms with van der Waals surface area (Å²) < 4.78 is 11.2. The molecule has 0 saturated carbocycles. The number of likely N-dealkylation sites (tertiary alicyclic amines) is 1. The minimum Gasteiger partial charge on any atom is -0.464 e. The molecule has 0 spiro atoms. The molecule has 4 heterocycles. The quantitative estimate of drug-likeness (QED) is 0.735. The van der Waals surface area contributed by atoms with Gasteiger partial charge in [-0.2, -0.15) is 5.10 Å². The Morgan fingerprint density at radius 1 is 1.04 bits per heavy atom. The number of H-pyrrole nitrogens is 1. The summed E-state index contributed by atoms with van der Waals surface area (Å²) in [6.45, 7) is 7.81. The number of nitrogens with one attached hydrogen (secondary N) is 1. The van der Waals surface area contributed by atoms with Gasteiger partial charge in [-0.05, 0) is 25.5 Å². The van der Waals surface area contributed by atoms with Crippen molar-refractivity contribution in [2.24, 2.45) is 0 Å². The molecule has 1 aromatic carbocycles. The largest absolute Gasteiger partial charge is 0.464 e. The van der Waals surface area contributed by atoms with Gasteiger partial charge >= 0.3 is 0 Å². The highest BCUT2D eigenvalue weighted by Crippen LogP contribution is 2.30. The van der Waals surface area contributed by atoms with Crippen LogP contribution in [0, 0.1) is 0 Å². The first kappa shape index (κ1) is 17.9. The van der Waals surface area contributed by atoms with Crippen molar-refractivity contribution in [3.05, 3.63) is 53.5 Å². The molecule has 0 bridgehead atoms. The first-order valence-corrected chi connectivity index (χ1v) is 10.4. The second kappa shape index (κ2) is 8.07. The number of piperidine rings is 1. The van der Waals surface area contributed by atoms with E-state index in [1.807, 2.05) is 24.6 Å². The third kappa shape index (κ3) is 3.72. The van der Waals surface area contributed by atoms with Gasteiger partial charge in [0.1, 0.15) is 5.58 Å². The average Bonchev–Trinajstić information content (AvgIpc) is 3.36. The summed E-state index contributed by atoms with van der Waals surface area (Å²) in [6.07, 6.45) is 6.39. The predicted molar refractivity (Wildman–Crippen MR) is 108 cm³/mol. The highest BCUT2D eigenvalue weighted by molar-refractivity contribution is 5.80. The molecule has 0 radical (unpaired) electrons. The third-order valence-corrected chi connectivity index (χ3v) is 6.12. The van der Waals surface area contributed by atoms with Gasteiger partial charge in [0.25, 0.3) is 0 Å². The molecule has 5 rings (SSSR count). The normalized spacial score (nSPS) is 22.1. The summed E-state index contributed by atoms with van der Waals surface area (Å²) in [5.74, 6) is 0.519. The molecule has 2 saturated heterocycles. The SMILES string of the molecule is c1ccc2c(CN3CCC[C@H](c4[nH]ncc4CN4CCOCC4)C3)coc2c1. The molecular weight excluding hydrogens is 352 g/mol. The van der Waals surface area contributed by atoms with E-state index in [0.717, 1.165) is 58.1 Å². The Bertz CT molecular complexity index is 912. The van der Waals surface area contributed by atoms with E-state index in [1.165, 1.54) is 35.0 Å². The van der Waals surface area contributed by atoms with Crippen LogP contribution in [0.4, 0.5) is 0 Å². The van der Waals surface area contributed by atoms with E-state index in [2.05, 4.69) is 32.1 Å². The summed E-state index contributed by atoms with van der Waals surface area (Å²) in [5, 5.41) is 8.94. The van der Waals surface area contributed by atoms with Crippen LogP contribution in [-0.2, 0) is 17.8 Å². The van der Waals surface area contributed by atoms with E-state index in [4.69, 9.17) is 9.15 Å². The van der Waals surface area contributed by atoms with E-state index < -0.39 is 0 Å². The minimum absolute atomic E-state index is 0.519. The fraction of sp³-hybridized carbons (Fsp3) is 0.500. The molecule has 6 nitrogen and oxygen atoms in total. The van der Waals surface area contributed by atoms with Crippen molar-refractivity contribution >= 4 is 11.0 Å². The van der Waals surface area contributed by atoms with Crippen LogP contribution in [0.2, 0.25) is 0 Å². The van der Waals surface area contributed by atoms with E-state index in [9.17, 15) is 0 Å². The predicted octanol–water partition coefficient (Wildman–Crippen LogP) is 3.37. The lowest BCUT2D eigenvalue weighted by atomic mass is 9.92. The number of morpholine rings is 1. The molecule has 3 aromatic rings. The fourth-order valence-electron chi connectivity index (χ4n) is 4.63. The first-order chi connectivity index (χ1) is 13.9. The van der Waals surface area contributed by atoms with Crippen molar-refractivity contribution in [1.29, 1.82) is 0 Å². The number of aromatic amines is 1. The number of fused-ring (bicyclic) bond motifs is 1. The molecule has 2 aliphatic heterocycles. The van der Waals surface area contributed by atoms with Gasteiger partial charge in [0.2, 0.25) is 0 Å². The van der Waals surface area contributed by atoms with Crippen molar-refractivity contribution in [2.45, 2.75) is 31.8 Å². The van der Waals surface area contributed by atoms with Crippen LogP contribution in [-0.4, -0.2) is 59.4 Å². The van der Waals surface area contributed by atoms with Crippen molar-refractivity contribution in [1.82, 2.24) is 20.0 Å². The van der Waals surface area contributed by atoms with Gasteiger partial charge in [0.05, 0.1) is 25.7 Å². The van der Waals surface area contributed by atoms with Crippen LogP contribution in [0.3, 0.4) is 0 Å². The van der Waals surface area contributed by atoms with Crippen LogP contribution >= 0.6 is 0 Å². The van der Waals surface area contributed by atoms with Crippen molar-refractivity contribution in [3.63, 3.8) is 0 Å². The van der Waals surface area contributed by atoms with Crippen LogP contribution in [0.15, 0.2) is 41.1 Å². The molecule has 0 amide bonds. The number of nitrogens with zero attached hydrogens (tertiary/aromatic N) is 3. The van der Waals surface area contributed by atoms with Gasteiger partial charge in [-0.15, -0.1) is 0 Å². The summed E-state index contributed by atoms with van der Waals surface area (Å²) in [5.41, 5.74) is 4.94. The number of hydrogen-bond donors (Lipinski definition) is 1. The lowest BCUT2D eigenvalue weighted by Gasteiger charge is -2.33. The number of furan rings is 1. The van der Waals surface area contributed by atoms with Crippen LogP contribution in [0.1, 0.15) is 35.6 Å². The zero-order valence-electron chi connectivity index (χ0n) is 16.3. The summed E-state index contributed by atoms with van der Waals surface area (Å²) in [6, 6.07) is 8.31. The highest BCUT2D eigenvalue weighted by Gasteiger charge is 2.26. The zero-order valence-corrected chi connectivity index (χ0v) is 16.3. The molecule has 28 heavy (non-hydrogen) atoms. The summed E-state index contributed by atoms with van der Waals surface area (Å²) >= 11 is 0. The number of para-hydroxylation sites is 1. The Labute approximate surface area is 165 Å². The molecule has 2 fully saturated rings. The maximum absolute atomic E-state index is 5.73. The minimum atomic E-state index is 0.519. The monoisotopic (exact) mass is 380 g/mol. The van der Waals surface area contributed by atoms with E-state index >= 15 is 0 Å². The standard InChI is InChI=1S/C22H28N4O2/c1-2-6-21-20(5-1)19(16-28-21)15-26-7-3-4-17(13-26)22-18(12-23-24-22)14-25-8-10-27-11-9-25/h1-2,5-6,12,16-17H,3-4,7-11,13-15H2,(H,23,24)/t17-/m0/s1. The molecule has 0 unspecified atom stereocenters. The molecule has 1 atom stereocenters. The maximum atomic E-state index is 5.73. The van der Waals surface area contributed by atoms with Gasteiger partial charge in [-0.1, -0.05) is 18.2 Å². The van der Waals surface area contributed by atoms with Crippen molar-refractivity contribution in [3.8, 4) is 0 Å². The lowest BCUT2D eigenvalue weighted by Crippen LogP contribution is -2.37. The van der Waals surface area contributed by atoms with Gasteiger partial charge in [-0.3, -0.25) is 14.9 Å².